The minimum atomic E-state index is -4.02. The number of rotatable bonds is 1. The van der Waals surface area contributed by atoms with E-state index < -0.39 is 11.6 Å². The fourth-order valence-corrected chi connectivity index (χ4v) is 0.736. The predicted molar refractivity (Wildman–Crippen MR) is 24.6 cm³/mol. The fourth-order valence-electron chi connectivity index (χ4n) is 0.142. The molecule has 0 aromatic rings. The molecule has 0 bridgehead atoms. The Hall–Kier alpha value is 1.14. The standard InChI is InChI=1S/C5H8F3.HI.Zn/c1-4(2,3)5(6,7)8;;/h1H2,2-3H3;1H;/q;;+1/p-1. The summed E-state index contributed by atoms with van der Waals surface area (Å²) in [6, 6.07) is 0. The Balaban J connectivity index is 0. The van der Waals surface area contributed by atoms with Gasteiger partial charge >= 0.3 is 61.9 Å². The maximum absolute atomic E-state index is 11.9. The third-order valence-corrected chi connectivity index (χ3v) is 4.01. The summed E-state index contributed by atoms with van der Waals surface area (Å²) in [6.07, 6.45) is -4.02. The van der Waals surface area contributed by atoms with E-state index in [1.54, 1.807) is 0 Å². The quantitative estimate of drug-likeness (QED) is 0.454. The van der Waals surface area contributed by atoms with E-state index >= 15 is 0 Å². The van der Waals surface area contributed by atoms with Crippen LogP contribution in [-0.2, 0) is 18.3 Å². The van der Waals surface area contributed by atoms with Gasteiger partial charge in [-0.15, -0.1) is 0 Å². The van der Waals surface area contributed by atoms with Crippen molar-refractivity contribution in [3.63, 3.8) is 0 Å². The molecule has 10 heavy (non-hydrogen) atoms. The third-order valence-electron chi connectivity index (χ3n) is 1.39. The Labute approximate surface area is 85.6 Å². The van der Waals surface area contributed by atoms with Crippen molar-refractivity contribution in [1.29, 1.82) is 0 Å². The van der Waals surface area contributed by atoms with Gasteiger partial charge in [0.05, 0.1) is 0 Å². The summed E-state index contributed by atoms with van der Waals surface area (Å²) >= 11 is 0.701. The summed E-state index contributed by atoms with van der Waals surface area (Å²) in [5.74, 6) is 0. The van der Waals surface area contributed by atoms with Crippen molar-refractivity contribution in [2.24, 2.45) is 5.41 Å². The molecule has 0 heterocycles. The molecule has 0 aliphatic rings. The first-order chi connectivity index (χ1) is 3.81. The van der Waals surface area contributed by atoms with Gasteiger partial charge in [-0.05, 0) is 0 Å². The van der Waals surface area contributed by atoms with Crippen LogP contribution < -0.4 is 24.0 Å². The van der Waals surface area contributed by atoms with E-state index in [9.17, 15) is 13.2 Å². The molecule has 0 atom stereocenters. The molecule has 0 saturated carbocycles. The van der Waals surface area contributed by atoms with E-state index in [1.165, 1.54) is 13.8 Å². The van der Waals surface area contributed by atoms with Gasteiger partial charge in [-0.25, -0.2) is 0 Å². The van der Waals surface area contributed by atoms with Gasteiger partial charge in [0.2, 0.25) is 0 Å². The Morgan fingerprint density at radius 3 is 1.50 bits per heavy atom. The molecule has 5 heteroatoms. The zero-order valence-electron chi connectivity index (χ0n) is 5.93. The maximum atomic E-state index is 11.9. The number of alkyl halides is 3. The van der Waals surface area contributed by atoms with Crippen LogP contribution in [0.15, 0.2) is 0 Å². The van der Waals surface area contributed by atoms with Crippen LogP contribution in [0.25, 0.3) is 0 Å². The first-order valence-electron chi connectivity index (χ1n) is 2.67. The summed E-state index contributed by atoms with van der Waals surface area (Å²) in [5, 5.41) is 0.260. The number of hydrogen-bond acceptors (Lipinski definition) is 0. The monoisotopic (exact) mass is 316 g/mol. The van der Waals surface area contributed by atoms with Crippen molar-refractivity contribution in [3.8, 4) is 0 Å². The van der Waals surface area contributed by atoms with Crippen LogP contribution in [0.4, 0.5) is 13.2 Å². The molecule has 0 aromatic heterocycles. The van der Waals surface area contributed by atoms with E-state index in [0.717, 1.165) is 0 Å². The van der Waals surface area contributed by atoms with Crippen LogP contribution in [0.5, 0.6) is 0 Å². The van der Waals surface area contributed by atoms with Gasteiger partial charge in [0, 0.05) is 0 Å². The largest absolute Gasteiger partial charge is 1.00 e. The molecule has 0 N–H and O–H groups in total. The summed E-state index contributed by atoms with van der Waals surface area (Å²) in [6.45, 7) is 2.47. The molecule has 0 unspecified atom stereocenters. The molecule has 0 aromatic carbocycles. The zero-order chi connectivity index (χ0) is 7.71. The number of halogens is 4. The van der Waals surface area contributed by atoms with Crippen LogP contribution in [-0.4, -0.2) is 6.18 Å². The van der Waals surface area contributed by atoms with Gasteiger partial charge in [-0.2, -0.15) is 0 Å². The first kappa shape index (κ1) is 13.7. The summed E-state index contributed by atoms with van der Waals surface area (Å²) in [4.78, 5) is 0. The van der Waals surface area contributed by atoms with Crippen LogP contribution in [0.2, 0.25) is 5.02 Å². The second-order valence-electron chi connectivity index (χ2n) is 2.63. The van der Waals surface area contributed by atoms with Crippen molar-refractivity contribution < 1.29 is 55.5 Å². The second kappa shape index (κ2) is 4.24. The van der Waals surface area contributed by atoms with Crippen molar-refractivity contribution in [2.45, 2.75) is 25.0 Å². The molecule has 0 nitrogen and oxygen atoms in total. The third kappa shape index (κ3) is 3.51. The van der Waals surface area contributed by atoms with E-state index in [2.05, 4.69) is 0 Å². The van der Waals surface area contributed by atoms with Crippen LogP contribution in [0, 0.1) is 5.41 Å². The maximum Gasteiger partial charge on any atom is -1.00 e. The number of hydrogen-bond donors (Lipinski definition) is 0. The average Bonchev–Trinajstić information content (AvgIpc) is 1.64. The Bertz CT molecular complexity index is 99.6. The van der Waals surface area contributed by atoms with Gasteiger partial charge in [0.1, 0.15) is 0 Å². The Kier molecular flexibility index (Phi) is 5.81. The van der Waals surface area contributed by atoms with E-state index in [4.69, 9.17) is 0 Å². The first-order valence-corrected chi connectivity index (χ1v) is 4.77. The molecular weight excluding hydrogens is 309 g/mol. The van der Waals surface area contributed by atoms with Crippen molar-refractivity contribution >= 4 is 0 Å². The summed E-state index contributed by atoms with van der Waals surface area (Å²) in [5.41, 5.74) is -1.47. The summed E-state index contributed by atoms with van der Waals surface area (Å²) < 4.78 is 35.6. The van der Waals surface area contributed by atoms with Gasteiger partial charge in [-0.3, -0.25) is 0 Å². The van der Waals surface area contributed by atoms with Crippen molar-refractivity contribution in [2.75, 3.05) is 0 Å². The van der Waals surface area contributed by atoms with E-state index in [-0.39, 0.29) is 29.0 Å². The molecular formula is C5H8F3IZn. The minimum Gasteiger partial charge on any atom is -1.00 e. The molecule has 0 radical (unpaired) electrons. The van der Waals surface area contributed by atoms with Crippen molar-refractivity contribution in [3.05, 3.63) is 0 Å². The molecule has 0 rings (SSSR count). The van der Waals surface area contributed by atoms with Gasteiger partial charge in [0.15, 0.2) is 0 Å². The smallest absolute Gasteiger partial charge is 1.00 e. The zero-order valence-corrected chi connectivity index (χ0v) is 11.1. The van der Waals surface area contributed by atoms with Crippen LogP contribution in [0.3, 0.4) is 0 Å². The Morgan fingerprint density at radius 2 is 1.50 bits per heavy atom. The van der Waals surface area contributed by atoms with E-state index in [0.29, 0.717) is 18.3 Å². The van der Waals surface area contributed by atoms with Crippen molar-refractivity contribution in [1.82, 2.24) is 0 Å². The topological polar surface area (TPSA) is 0 Å². The molecule has 0 spiro atoms. The van der Waals surface area contributed by atoms with Crippen LogP contribution >= 0.6 is 0 Å². The Morgan fingerprint density at radius 1 is 1.20 bits per heavy atom. The molecule has 0 aliphatic carbocycles. The molecule has 0 amide bonds. The average molecular weight is 317 g/mol. The molecule has 58 valence electrons. The molecule has 0 saturated heterocycles. The molecule has 0 aliphatic heterocycles. The fraction of sp³-hybridized carbons (Fsp3) is 1.00. The minimum absolute atomic E-state index is 0. The second-order valence-corrected chi connectivity index (χ2v) is 3.68. The van der Waals surface area contributed by atoms with E-state index in [1.807, 2.05) is 0 Å². The van der Waals surface area contributed by atoms with Gasteiger partial charge in [-0.1, -0.05) is 0 Å². The normalized spacial score (nSPS) is 12.7. The van der Waals surface area contributed by atoms with Gasteiger partial charge < -0.3 is 24.0 Å². The predicted octanol–water partition coefficient (Wildman–Crippen LogP) is -0.456. The van der Waals surface area contributed by atoms with Gasteiger partial charge in [0.25, 0.3) is 0 Å². The SMILES string of the molecule is CC(C)([CH2][Zn+])C(F)(F)F.[I-]. The summed E-state index contributed by atoms with van der Waals surface area (Å²) in [7, 11) is 0. The van der Waals surface area contributed by atoms with Crippen LogP contribution in [0.1, 0.15) is 13.8 Å². The molecule has 0 fully saturated rings.